The second-order valence-corrected chi connectivity index (χ2v) is 12.7. The predicted octanol–water partition coefficient (Wildman–Crippen LogP) is 4.07. The third kappa shape index (κ3) is 3.65. The zero-order valence-corrected chi connectivity index (χ0v) is 16.2. The maximum atomic E-state index is 11.1. The smallest absolute Gasteiger partial charge is 0.117 e. The van der Waals surface area contributed by atoms with E-state index in [1.807, 2.05) is 0 Å². The third-order valence-electron chi connectivity index (χ3n) is 5.99. The summed E-state index contributed by atoms with van der Waals surface area (Å²) in [6.45, 7) is 7.09. The van der Waals surface area contributed by atoms with Crippen molar-refractivity contribution < 1.29 is 5.11 Å². The Morgan fingerprint density at radius 1 is 1.00 bits per heavy atom. The van der Waals surface area contributed by atoms with Gasteiger partial charge in [0.05, 0.1) is 6.10 Å². The molecule has 0 spiro atoms. The molecule has 1 N–H and O–H groups in total. The molecular weight excluding hydrogens is 308 g/mol. The third-order valence-corrected chi connectivity index (χ3v) is 10.4. The molecule has 24 heavy (non-hydrogen) atoms. The molecular formula is C22H30OSi. The van der Waals surface area contributed by atoms with Crippen molar-refractivity contribution in [2.75, 3.05) is 0 Å². The molecule has 0 heterocycles. The molecule has 0 amide bonds. The van der Waals surface area contributed by atoms with E-state index in [1.54, 1.807) is 0 Å². The molecule has 1 saturated carbocycles. The summed E-state index contributed by atoms with van der Waals surface area (Å²) in [5.41, 5.74) is 0.392. The number of aliphatic hydroxyl groups excluding tert-OH is 1. The van der Waals surface area contributed by atoms with E-state index >= 15 is 0 Å². The Labute approximate surface area is 147 Å². The fourth-order valence-electron chi connectivity index (χ4n) is 4.42. The van der Waals surface area contributed by atoms with Crippen molar-refractivity contribution in [3.8, 4) is 0 Å². The summed E-state index contributed by atoms with van der Waals surface area (Å²) < 4.78 is 0. The highest BCUT2D eigenvalue weighted by molar-refractivity contribution is 7.01. The number of benzene rings is 2. The van der Waals surface area contributed by atoms with E-state index in [-0.39, 0.29) is 6.10 Å². The van der Waals surface area contributed by atoms with Crippen LogP contribution in [0.25, 0.3) is 0 Å². The van der Waals surface area contributed by atoms with Crippen molar-refractivity contribution >= 4 is 18.4 Å². The average molecular weight is 339 g/mol. The predicted molar refractivity (Wildman–Crippen MR) is 106 cm³/mol. The number of hydrogen-bond acceptors (Lipinski definition) is 1. The van der Waals surface area contributed by atoms with Gasteiger partial charge in [0, 0.05) is 0 Å². The second-order valence-electron chi connectivity index (χ2n) is 8.50. The van der Waals surface area contributed by atoms with Crippen LogP contribution in [0.1, 0.15) is 33.1 Å². The minimum atomic E-state index is -1.93. The molecule has 2 aromatic rings. The van der Waals surface area contributed by atoms with Gasteiger partial charge in [0.1, 0.15) is 8.07 Å². The molecule has 0 saturated heterocycles. The van der Waals surface area contributed by atoms with Crippen LogP contribution in [0.5, 0.6) is 0 Å². The first-order valence-corrected chi connectivity index (χ1v) is 11.9. The highest BCUT2D eigenvalue weighted by Crippen LogP contribution is 2.43. The lowest BCUT2D eigenvalue weighted by Crippen LogP contribution is -2.57. The molecule has 1 aliphatic carbocycles. The van der Waals surface area contributed by atoms with Gasteiger partial charge in [0.2, 0.25) is 0 Å². The zero-order chi connectivity index (χ0) is 17.2. The first-order chi connectivity index (χ1) is 11.4. The van der Waals surface area contributed by atoms with Gasteiger partial charge in [0.15, 0.2) is 0 Å². The maximum absolute atomic E-state index is 11.1. The summed E-state index contributed by atoms with van der Waals surface area (Å²) in [5, 5.41) is 13.9. The quantitative estimate of drug-likeness (QED) is 0.815. The van der Waals surface area contributed by atoms with Crippen LogP contribution in [0.3, 0.4) is 0 Å². The lowest BCUT2D eigenvalue weighted by atomic mass is 9.89. The zero-order valence-electron chi connectivity index (χ0n) is 15.2. The van der Waals surface area contributed by atoms with Crippen LogP contribution < -0.4 is 10.4 Å². The lowest BCUT2D eigenvalue weighted by molar-refractivity contribution is 0.121. The normalized spacial score (nSPS) is 21.6. The van der Waals surface area contributed by atoms with E-state index < -0.39 is 8.07 Å². The molecule has 1 aliphatic rings. The van der Waals surface area contributed by atoms with Crippen molar-refractivity contribution in [1.29, 1.82) is 0 Å². The fourth-order valence-corrected chi connectivity index (χ4v) is 8.25. The molecule has 1 fully saturated rings. The van der Waals surface area contributed by atoms with Gasteiger partial charge in [-0.2, -0.15) is 0 Å². The van der Waals surface area contributed by atoms with Crippen LogP contribution >= 0.6 is 0 Å². The van der Waals surface area contributed by atoms with Gasteiger partial charge in [-0.1, -0.05) is 91.4 Å². The van der Waals surface area contributed by atoms with Crippen molar-refractivity contribution in [2.24, 2.45) is 11.3 Å². The second kappa shape index (κ2) is 6.85. The van der Waals surface area contributed by atoms with Gasteiger partial charge in [-0.25, -0.2) is 0 Å². The highest BCUT2D eigenvalue weighted by Gasteiger charge is 2.40. The minimum absolute atomic E-state index is 0.191. The van der Waals surface area contributed by atoms with Gasteiger partial charge >= 0.3 is 0 Å². The molecule has 2 atom stereocenters. The van der Waals surface area contributed by atoms with Crippen LogP contribution in [-0.4, -0.2) is 19.3 Å². The molecule has 0 unspecified atom stereocenters. The monoisotopic (exact) mass is 338 g/mol. The first-order valence-electron chi connectivity index (χ1n) is 9.20. The van der Waals surface area contributed by atoms with E-state index in [0.717, 1.165) is 12.5 Å². The summed E-state index contributed by atoms with van der Waals surface area (Å²) in [4.78, 5) is 0. The van der Waals surface area contributed by atoms with Crippen LogP contribution in [0.2, 0.25) is 12.6 Å². The van der Waals surface area contributed by atoms with Crippen LogP contribution in [-0.2, 0) is 0 Å². The molecule has 2 heteroatoms. The summed E-state index contributed by atoms with van der Waals surface area (Å²) in [6.07, 6.45) is 3.37. The molecule has 1 nitrogen and oxygen atoms in total. The van der Waals surface area contributed by atoms with E-state index in [1.165, 1.54) is 23.2 Å². The van der Waals surface area contributed by atoms with Crippen molar-refractivity contribution in [1.82, 2.24) is 0 Å². The minimum Gasteiger partial charge on any atom is -0.393 e. The number of hydrogen-bond donors (Lipinski definition) is 1. The Hall–Kier alpha value is -1.38. The first kappa shape index (κ1) is 17.4. The van der Waals surface area contributed by atoms with Crippen molar-refractivity contribution in [3.63, 3.8) is 0 Å². The largest absolute Gasteiger partial charge is 0.393 e. The maximum Gasteiger partial charge on any atom is 0.117 e. The molecule has 0 aromatic heterocycles. The Morgan fingerprint density at radius 3 is 1.92 bits per heavy atom. The topological polar surface area (TPSA) is 20.2 Å². The van der Waals surface area contributed by atoms with Crippen LogP contribution in [0, 0.1) is 11.3 Å². The molecule has 0 aliphatic heterocycles. The van der Waals surface area contributed by atoms with Crippen molar-refractivity contribution in [3.05, 3.63) is 60.7 Å². The SMILES string of the molecule is CC1(C)CC[C@@H]([C@H](O)C[Si](C)(c2ccccc2)c2ccccc2)C1. The van der Waals surface area contributed by atoms with Gasteiger partial charge in [0.25, 0.3) is 0 Å². The van der Waals surface area contributed by atoms with Gasteiger partial charge < -0.3 is 5.11 Å². The van der Waals surface area contributed by atoms with E-state index in [0.29, 0.717) is 11.3 Å². The van der Waals surface area contributed by atoms with E-state index in [9.17, 15) is 5.11 Å². The molecule has 3 rings (SSSR count). The Morgan fingerprint density at radius 2 is 1.50 bits per heavy atom. The molecule has 0 radical (unpaired) electrons. The summed E-state index contributed by atoms with van der Waals surface area (Å²) >= 11 is 0. The van der Waals surface area contributed by atoms with Crippen LogP contribution in [0.4, 0.5) is 0 Å². The van der Waals surface area contributed by atoms with Gasteiger partial charge in [-0.15, -0.1) is 0 Å². The number of rotatable bonds is 5. The Bertz CT molecular complexity index is 611. The van der Waals surface area contributed by atoms with E-state index in [2.05, 4.69) is 81.1 Å². The Balaban J connectivity index is 1.89. The van der Waals surface area contributed by atoms with Crippen molar-refractivity contribution in [2.45, 2.75) is 51.8 Å². The highest BCUT2D eigenvalue weighted by atomic mass is 28.3. The van der Waals surface area contributed by atoms with Gasteiger partial charge in [-0.05, 0) is 36.6 Å². The van der Waals surface area contributed by atoms with Crippen LogP contribution in [0.15, 0.2) is 60.7 Å². The summed E-state index contributed by atoms with van der Waals surface area (Å²) in [6, 6.07) is 22.6. The lowest BCUT2D eigenvalue weighted by Gasteiger charge is -2.33. The van der Waals surface area contributed by atoms with Gasteiger partial charge in [-0.3, -0.25) is 0 Å². The Kier molecular flexibility index (Phi) is 4.98. The summed E-state index contributed by atoms with van der Waals surface area (Å²) in [7, 11) is -1.93. The number of aliphatic hydroxyl groups is 1. The molecule has 0 bridgehead atoms. The fraction of sp³-hybridized carbons (Fsp3) is 0.455. The van der Waals surface area contributed by atoms with E-state index in [4.69, 9.17) is 0 Å². The average Bonchev–Trinajstić information content (AvgIpc) is 2.96. The molecule has 2 aromatic carbocycles. The standard InChI is InChI=1S/C22H30OSi/c1-22(2)15-14-18(16-22)21(23)17-24(3,19-10-6-4-7-11-19)20-12-8-5-9-13-20/h4-13,18,21,23H,14-17H2,1-3H3/t18-,21-/m1/s1. The summed E-state index contributed by atoms with van der Waals surface area (Å²) in [5.74, 6) is 0.458. The molecule has 128 valence electrons.